The first kappa shape index (κ1) is 20.7. The molecule has 0 saturated carbocycles. The normalized spacial score (nSPS) is 12.0. The Morgan fingerprint density at radius 1 is 1.37 bits per heavy atom. The van der Waals surface area contributed by atoms with Crippen LogP contribution in [0.15, 0.2) is 33.8 Å². The van der Waals surface area contributed by atoms with Crippen LogP contribution in [-0.2, 0) is 11.3 Å². The second-order valence-corrected chi connectivity index (χ2v) is 7.51. The molecule has 1 aromatic carbocycles. The highest BCUT2D eigenvalue weighted by molar-refractivity contribution is 6.30. The van der Waals surface area contributed by atoms with Crippen molar-refractivity contribution in [2.24, 2.45) is 4.99 Å². The first-order valence-electron chi connectivity index (χ1n) is 8.49. The molecule has 0 atom stereocenters. The van der Waals surface area contributed by atoms with Crippen LogP contribution in [0.4, 0.5) is 0 Å². The van der Waals surface area contributed by atoms with Crippen LogP contribution < -0.4 is 10.6 Å². The molecule has 2 aromatic rings. The van der Waals surface area contributed by atoms with E-state index in [2.05, 4.69) is 25.8 Å². The van der Waals surface area contributed by atoms with Gasteiger partial charge in [-0.15, -0.1) is 0 Å². The van der Waals surface area contributed by atoms with Crippen molar-refractivity contribution in [1.82, 2.24) is 25.7 Å². The molecular weight excluding hydrogens is 368 g/mol. The standard InChI is InChI=1S/C18H25ClN6O2/c1-18(2,3)23-14(26)11-25(5)17(20-4)21-10-15-22-16(24-27-15)12-7-6-8-13(19)9-12/h6-9H,10-11H2,1-5H3,(H,20,21)(H,23,26). The number of hydrogen-bond donors (Lipinski definition) is 2. The van der Waals surface area contributed by atoms with Gasteiger partial charge in [0.25, 0.3) is 0 Å². The Labute approximate surface area is 164 Å². The van der Waals surface area contributed by atoms with Crippen LogP contribution in [0.25, 0.3) is 11.4 Å². The molecule has 1 amide bonds. The maximum Gasteiger partial charge on any atom is 0.246 e. The Hall–Kier alpha value is -2.61. The Morgan fingerprint density at radius 3 is 2.74 bits per heavy atom. The molecular formula is C18H25ClN6O2. The zero-order valence-electron chi connectivity index (χ0n) is 16.2. The highest BCUT2D eigenvalue weighted by Gasteiger charge is 2.17. The summed E-state index contributed by atoms with van der Waals surface area (Å²) in [6.07, 6.45) is 0. The molecule has 0 saturated heterocycles. The van der Waals surface area contributed by atoms with E-state index in [1.807, 2.05) is 32.9 Å². The third kappa shape index (κ3) is 6.56. The molecule has 1 heterocycles. The largest absolute Gasteiger partial charge is 0.350 e. The van der Waals surface area contributed by atoms with Crippen molar-refractivity contribution >= 4 is 23.5 Å². The van der Waals surface area contributed by atoms with Gasteiger partial charge in [0.1, 0.15) is 0 Å². The number of hydrogen-bond acceptors (Lipinski definition) is 5. The van der Waals surface area contributed by atoms with E-state index >= 15 is 0 Å². The monoisotopic (exact) mass is 392 g/mol. The smallest absolute Gasteiger partial charge is 0.246 e. The van der Waals surface area contributed by atoms with Gasteiger partial charge < -0.3 is 20.1 Å². The summed E-state index contributed by atoms with van der Waals surface area (Å²) in [5, 5.41) is 10.6. The van der Waals surface area contributed by atoms with Crippen molar-refractivity contribution in [3.63, 3.8) is 0 Å². The average molecular weight is 393 g/mol. The minimum absolute atomic E-state index is 0.0889. The first-order valence-corrected chi connectivity index (χ1v) is 8.87. The van der Waals surface area contributed by atoms with Gasteiger partial charge in [-0.05, 0) is 32.9 Å². The lowest BCUT2D eigenvalue weighted by atomic mass is 10.1. The third-order valence-corrected chi connectivity index (χ3v) is 3.65. The van der Waals surface area contributed by atoms with Crippen molar-refractivity contribution in [3.8, 4) is 11.4 Å². The van der Waals surface area contributed by atoms with E-state index in [1.54, 1.807) is 31.1 Å². The Morgan fingerprint density at radius 2 is 2.11 bits per heavy atom. The van der Waals surface area contributed by atoms with Crippen molar-refractivity contribution < 1.29 is 9.32 Å². The number of rotatable bonds is 5. The molecule has 9 heteroatoms. The molecule has 1 aromatic heterocycles. The van der Waals surface area contributed by atoms with E-state index in [9.17, 15) is 4.79 Å². The maximum atomic E-state index is 12.1. The van der Waals surface area contributed by atoms with Gasteiger partial charge in [0.05, 0.1) is 13.1 Å². The highest BCUT2D eigenvalue weighted by atomic mass is 35.5. The zero-order valence-corrected chi connectivity index (χ0v) is 17.0. The van der Waals surface area contributed by atoms with E-state index in [0.29, 0.717) is 22.7 Å². The molecule has 0 aliphatic carbocycles. The van der Waals surface area contributed by atoms with E-state index in [0.717, 1.165) is 5.56 Å². The topological polar surface area (TPSA) is 95.7 Å². The fourth-order valence-corrected chi connectivity index (χ4v) is 2.55. The third-order valence-electron chi connectivity index (χ3n) is 3.42. The van der Waals surface area contributed by atoms with E-state index in [-0.39, 0.29) is 24.5 Å². The lowest BCUT2D eigenvalue weighted by molar-refractivity contribution is -0.122. The molecule has 27 heavy (non-hydrogen) atoms. The average Bonchev–Trinajstić information content (AvgIpc) is 3.02. The minimum Gasteiger partial charge on any atom is -0.350 e. The van der Waals surface area contributed by atoms with Gasteiger partial charge >= 0.3 is 0 Å². The van der Waals surface area contributed by atoms with E-state index in [1.165, 1.54) is 0 Å². The van der Waals surface area contributed by atoms with Crippen molar-refractivity contribution in [2.75, 3.05) is 20.6 Å². The number of likely N-dealkylation sites (N-methyl/N-ethyl adjacent to an activating group) is 1. The molecule has 2 N–H and O–H groups in total. The van der Waals surface area contributed by atoms with Crippen molar-refractivity contribution in [2.45, 2.75) is 32.9 Å². The molecule has 8 nitrogen and oxygen atoms in total. The molecule has 0 aliphatic rings. The minimum atomic E-state index is -0.282. The second-order valence-electron chi connectivity index (χ2n) is 7.08. The number of aromatic nitrogens is 2. The number of amides is 1. The van der Waals surface area contributed by atoms with Gasteiger partial charge in [-0.25, -0.2) is 0 Å². The van der Waals surface area contributed by atoms with Gasteiger partial charge in [-0.1, -0.05) is 28.9 Å². The highest BCUT2D eigenvalue weighted by Crippen LogP contribution is 2.19. The molecule has 2 rings (SSSR count). The maximum absolute atomic E-state index is 12.1. The number of nitrogens with zero attached hydrogens (tertiary/aromatic N) is 4. The SMILES string of the molecule is CN=C(NCc1nc(-c2cccc(Cl)c2)no1)N(C)CC(=O)NC(C)(C)C. The van der Waals surface area contributed by atoms with Gasteiger partial charge in [-0.2, -0.15) is 4.98 Å². The summed E-state index contributed by atoms with van der Waals surface area (Å²) in [4.78, 5) is 22.3. The van der Waals surface area contributed by atoms with Crippen LogP contribution >= 0.6 is 11.6 Å². The van der Waals surface area contributed by atoms with Crippen LogP contribution in [-0.4, -0.2) is 53.1 Å². The molecule has 0 bridgehead atoms. The summed E-state index contributed by atoms with van der Waals surface area (Å²) in [6.45, 7) is 6.27. The van der Waals surface area contributed by atoms with Gasteiger partial charge in [0.2, 0.25) is 17.6 Å². The number of halogens is 1. The lowest BCUT2D eigenvalue weighted by Gasteiger charge is -2.25. The summed E-state index contributed by atoms with van der Waals surface area (Å²) in [5.41, 5.74) is 0.493. The molecule has 0 radical (unpaired) electrons. The first-order chi connectivity index (χ1) is 12.7. The second kappa shape index (κ2) is 8.85. The van der Waals surface area contributed by atoms with Crippen molar-refractivity contribution in [3.05, 3.63) is 35.2 Å². The summed E-state index contributed by atoms with van der Waals surface area (Å²) < 4.78 is 5.26. The van der Waals surface area contributed by atoms with Crippen molar-refractivity contribution in [1.29, 1.82) is 0 Å². The van der Waals surface area contributed by atoms with Gasteiger partial charge in [-0.3, -0.25) is 9.79 Å². The number of carbonyl (C=O) groups excluding carboxylic acids is 1. The fourth-order valence-electron chi connectivity index (χ4n) is 2.36. The summed E-state index contributed by atoms with van der Waals surface area (Å²) >= 11 is 5.99. The van der Waals surface area contributed by atoms with Crippen LogP contribution in [0.3, 0.4) is 0 Å². The molecule has 0 spiro atoms. The van der Waals surface area contributed by atoms with Gasteiger partial charge in [0.15, 0.2) is 5.96 Å². The molecule has 0 fully saturated rings. The fraction of sp³-hybridized carbons (Fsp3) is 0.444. The zero-order chi connectivity index (χ0) is 20.0. The Kier molecular flexibility index (Phi) is 6.79. The predicted molar refractivity (Wildman–Crippen MR) is 105 cm³/mol. The van der Waals surface area contributed by atoms with E-state index in [4.69, 9.17) is 16.1 Å². The van der Waals surface area contributed by atoms with Crippen LogP contribution in [0.1, 0.15) is 26.7 Å². The number of carbonyl (C=O) groups is 1. The molecule has 146 valence electrons. The number of nitrogens with one attached hydrogen (secondary N) is 2. The summed E-state index contributed by atoms with van der Waals surface area (Å²) in [7, 11) is 3.43. The van der Waals surface area contributed by atoms with Crippen LogP contribution in [0.5, 0.6) is 0 Å². The number of benzene rings is 1. The predicted octanol–water partition coefficient (Wildman–Crippen LogP) is 2.31. The van der Waals surface area contributed by atoms with Gasteiger partial charge in [0, 0.05) is 30.2 Å². The lowest BCUT2D eigenvalue weighted by Crippen LogP contribution is -2.48. The Balaban J connectivity index is 1.93. The number of aliphatic imine (C=N–C) groups is 1. The van der Waals surface area contributed by atoms with Crippen LogP contribution in [0, 0.1) is 0 Å². The van der Waals surface area contributed by atoms with Crippen LogP contribution in [0.2, 0.25) is 5.02 Å². The quantitative estimate of drug-likeness (QED) is 0.598. The number of guanidine groups is 1. The molecule has 0 aliphatic heterocycles. The van der Waals surface area contributed by atoms with E-state index < -0.39 is 0 Å². The summed E-state index contributed by atoms with van der Waals surface area (Å²) in [6, 6.07) is 7.23. The molecule has 0 unspecified atom stereocenters. The summed E-state index contributed by atoms with van der Waals surface area (Å²) in [5.74, 6) is 1.32. The Bertz CT molecular complexity index is 812.